The molecule has 6 nitrogen and oxygen atoms in total. The average Bonchev–Trinajstić information content (AvgIpc) is 3.19. The highest BCUT2D eigenvalue weighted by molar-refractivity contribution is 7.99. The topological polar surface area (TPSA) is 68.1 Å². The van der Waals surface area contributed by atoms with Crippen LogP contribution < -0.4 is 5.56 Å². The largest absolute Gasteiger partial charge is 0.342 e. The van der Waals surface area contributed by atoms with Crippen LogP contribution in [0.2, 0.25) is 0 Å². The molecular formula is C24H24N4O2S2. The molecule has 0 N–H and O–H groups in total. The minimum absolute atomic E-state index is 0.0802. The Hall–Kier alpha value is -2.71. The summed E-state index contributed by atoms with van der Waals surface area (Å²) >= 11 is 2.73. The van der Waals surface area contributed by atoms with Gasteiger partial charge in [-0.05, 0) is 36.5 Å². The van der Waals surface area contributed by atoms with Crippen molar-refractivity contribution >= 4 is 49.4 Å². The standard InChI is InChI=1S/C24H24N4O2S2/c1-16-7-6-12-27(13-16)19(29)15-31-24-26-20-18-10-5-11-25-22(18)32-21(20)23(30)28(24)14-17-8-3-2-4-9-17/h2-5,8-11,16H,6-7,12-15H2,1H3/t16-/m1/s1. The predicted molar refractivity (Wildman–Crippen MR) is 130 cm³/mol. The number of nitrogens with zero attached hydrogens (tertiary/aromatic N) is 4. The fourth-order valence-corrected chi connectivity index (χ4v) is 6.12. The first-order valence-electron chi connectivity index (χ1n) is 10.8. The number of fused-ring (bicyclic) bond motifs is 3. The summed E-state index contributed by atoms with van der Waals surface area (Å²) in [6.45, 7) is 4.23. The molecule has 0 saturated carbocycles. The number of hydrogen-bond acceptors (Lipinski definition) is 6. The molecule has 0 aliphatic carbocycles. The van der Waals surface area contributed by atoms with Crippen LogP contribution in [-0.4, -0.2) is 44.2 Å². The smallest absolute Gasteiger partial charge is 0.272 e. The van der Waals surface area contributed by atoms with Gasteiger partial charge in [0.2, 0.25) is 5.91 Å². The van der Waals surface area contributed by atoms with Gasteiger partial charge in [0.1, 0.15) is 9.53 Å². The zero-order valence-electron chi connectivity index (χ0n) is 17.9. The third-order valence-corrected chi connectivity index (χ3v) is 7.89. The number of likely N-dealkylation sites (tertiary alicyclic amines) is 1. The molecule has 1 aliphatic heterocycles. The molecule has 0 spiro atoms. The third-order valence-electron chi connectivity index (χ3n) is 5.84. The Kier molecular flexibility index (Phi) is 5.97. The normalized spacial score (nSPS) is 16.7. The number of carbonyl (C=O) groups excluding carboxylic acids is 1. The highest BCUT2D eigenvalue weighted by atomic mass is 32.2. The van der Waals surface area contributed by atoms with Gasteiger partial charge in [0.25, 0.3) is 5.56 Å². The Balaban J connectivity index is 1.52. The molecule has 4 aromatic rings. The summed E-state index contributed by atoms with van der Waals surface area (Å²) in [5, 5.41) is 1.46. The number of hydrogen-bond donors (Lipinski definition) is 0. The van der Waals surface area contributed by atoms with Gasteiger partial charge in [-0.25, -0.2) is 9.97 Å². The lowest BCUT2D eigenvalue weighted by atomic mass is 10.0. The fourth-order valence-electron chi connectivity index (χ4n) is 4.19. The highest BCUT2D eigenvalue weighted by Gasteiger charge is 2.23. The first kappa shape index (κ1) is 21.2. The van der Waals surface area contributed by atoms with E-state index in [0.717, 1.165) is 35.3 Å². The summed E-state index contributed by atoms with van der Waals surface area (Å²) < 4.78 is 2.30. The van der Waals surface area contributed by atoms with Gasteiger partial charge in [-0.1, -0.05) is 49.0 Å². The molecule has 8 heteroatoms. The van der Waals surface area contributed by atoms with Crippen molar-refractivity contribution in [3.05, 3.63) is 64.6 Å². The molecule has 1 atom stereocenters. The zero-order chi connectivity index (χ0) is 22.1. The first-order chi connectivity index (χ1) is 15.6. The minimum atomic E-state index is -0.0802. The minimum Gasteiger partial charge on any atom is -0.342 e. The number of piperidine rings is 1. The number of thiophene rings is 1. The molecule has 5 rings (SSSR count). The number of rotatable bonds is 5. The van der Waals surface area contributed by atoms with E-state index in [9.17, 15) is 9.59 Å². The maximum absolute atomic E-state index is 13.5. The third kappa shape index (κ3) is 4.17. The van der Waals surface area contributed by atoms with E-state index in [1.165, 1.54) is 29.5 Å². The van der Waals surface area contributed by atoms with Crippen LogP contribution >= 0.6 is 23.1 Å². The molecule has 1 fully saturated rings. The second-order valence-corrected chi connectivity index (χ2v) is 10.2. The second-order valence-electron chi connectivity index (χ2n) is 8.28. The molecule has 164 valence electrons. The molecule has 0 unspecified atom stereocenters. The van der Waals surface area contributed by atoms with Gasteiger partial charge in [0, 0.05) is 24.7 Å². The molecule has 32 heavy (non-hydrogen) atoms. The lowest BCUT2D eigenvalue weighted by molar-refractivity contribution is -0.130. The molecule has 0 bridgehead atoms. The number of aromatic nitrogens is 3. The second kappa shape index (κ2) is 9.03. The van der Waals surface area contributed by atoms with Crippen molar-refractivity contribution in [1.82, 2.24) is 19.4 Å². The highest BCUT2D eigenvalue weighted by Crippen LogP contribution is 2.31. The van der Waals surface area contributed by atoms with Gasteiger partial charge in [0.15, 0.2) is 5.16 Å². The van der Waals surface area contributed by atoms with Crippen LogP contribution in [0.4, 0.5) is 0 Å². The Morgan fingerprint density at radius 1 is 1.22 bits per heavy atom. The van der Waals surface area contributed by atoms with Gasteiger partial charge < -0.3 is 4.90 Å². The van der Waals surface area contributed by atoms with E-state index in [4.69, 9.17) is 4.98 Å². The molecule has 1 saturated heterocycles. The average molecular weight is 465 g/mol. The van der Waals surface area contributed by atoms with Crippen LogP contribution in [0.5, 0.6) is 0 Å². The van der Waals surface area contributed by atoms with E-state index in [2.05, 4.69) is 11.9 Å². The first-order valence-corrected chi connectivity index (χ1v) is 12.6. The number of pyridine rings is 1. The van der Waals surface area contributed by atoms with E-state index >= 15 is 0 Å². The van der Waals surface area contributed by atoms with E-state index in [0.29, 0.717) is 27.8 Å². The van der Waals surface area contributed by atoms with E-state index < -0.39 is 0 Å². The molecule has 3 aromatic heterocycles. The van der Waals surface area contributed by atoms with Crippen molar-refractivity contribution in [3.8, 4) is 0 Å². The quantitative estimate of drug-likeness (QED) is 0.323. The van der Waals surface area contributed by atoms with Crippen LogP contribution in [0.15, 0.2) is 58.6 Å². The summed E-state index contributed by atoms with van der Waals surface area (Å²) in [6.07, 6.45) is 3.95. The molecular weight excluding hydrogens is 440 g/mol. The van der Waals surface area contributed by atoms with E-state index in [-0.39, 0.29) is 17.2 Å². The van der Waals surface area contributed by atoms with Crippen molar-refractivity contribution in [2.24, 2.45) is 5.92 Å². The number of carbonyl (C=O) groups is 1. The van der Waals surface area contributed by atoms with Crippen LogP contribution in [0.1, 0.15) is 25.3 Å². The summed E-state index contributed by atoms with van der Waals surface area (Å²) in [4.78, 5) is 38.4. The van der Waals surface area contributed by atoms with Crippen molar-refractivity contribution in [3.63, 3.8) is 0 Å². The molecule has 1 amide bonds. The molecule has 4 heterocycles. The molecule has 1 aliphatic rings. The predicted octanol–water partition coefficient (Wildman–Crippen LogP) is 4.41. The monoisotopic (exact) mass is 464 g/mol. The SMILES string of the molecule is C[C@@H]1CCCN(C(=O)CSc2nc3c(sc4ncccc43)c(=O)n2Cc2ccccc2)C1. The molecule has 1 aromatic carbocycles. The number of amides is 1. The van der Waals surface area contributed by atoms with Gasteiger partial charge in [-0.2, -0.15) is 0 Å². The van der Waals surface area contributed by atoms with Gasteiger partial charge >= 0.3 is 0 Å². The van der Waals surface area contributed by atoms with Crippen LogP contribution in [0.25, 0.3) is 20.4 Å². The van der Waals surface area contributed by atoms with Gasteiger partial charge in [-0.3, -0.25) is 14.2 Å². The fraction of sp³-hybridized carbons (Fsp3) is 0.333. The summed E-state index contributed by atoms with van der Waals surface area (Å²) in [7, 11) is 0. The number of benzene rings is 1. The zero-order valence-corrected chi connectivity index (χ0v) is 19.5. The van der Waals surface area contributed by atoms with Gasteiger partial charge in [-0.15, -0.1) is 11.3 Å². The summed E-state index contributed by atoms with van der Waals surface area (Å²) in [6, 6.07) is 13.7. The Morgan fingerprint density at radius 2 is 2.06 bits per heavy atom. The van der Waals surface area contributed by atoms with Crippen molar-refractivity contribution in [1.29, 1.82) is 0 Å². The Morgan fingerprint density at radius 3 is 2.88 bits per heavy atom. The van der Waals surface area contributed by atoms with Crippen molar-refractivity contribution in [2.75, 3.05) is 18.8 Å². The Labute approximate surface area is 194 Å². The Bertz CT molecular complexity index is 1330. The van der Waals surface area contributed by atoms with E-state index in [1.54, 1.807) is 10.8 Å². The maximum atomic E-state index is 13.5. The van der Waals surface area contributed by atoms with Gasteiger partial charge in [0.05, 0.1) is 17.8 Å². The lowest BCUT2D eigenvalue weighted by Gasteiger charge is -2.30. The maximum Gasteiger partial charge on any atom is 0.272 e. The van der Waals surface area contributed by atoms with Crippen LogP contribution in [0.3, 0.4) is 0 Å². The van der Waals surface area contributed by atoms with Crippen molar-refractivity contribution < 1.29 is 4.79 Å². The number of thioether (sulfide) groups is 1. The summed E-state index contributed by atoms with van der Waals surface area (Å²) in [5.41, 5.74) is 1.62. The van der Waals surface area contributed by atoms with Crippen LogP contribution in [-0.2, 0) is 11.3 Å². The summed E-state index contributed by atoms with van der Waals surface area (Å²) in [5.74, 6) is 0.923. The van der Waals surface area contributed by atoms with Crippen LogP contribution in [0, 0.1) is 5.92 Å². The van der Waals surface area contributed by atoms with E-state index in [1.807, 2.05) is 47.4 Å². The van der Waals surface area contributed by atoms with Crippen molar-refractivity contribution in [2.45, 2.75) is 31.5 Å². The lowest BCUT2D eigenvalue weighted by Crippen LogP contribution is -2.40. The molecule has 0 radical (unpaired) electrons.